The second kappa shape index (κ2) is 5.72. The van der Waals surface area contributed by atoms with Crippen molar-refractivity contribution in [3.05, 3.63) is 29.3 Å². The number of methoxy groups -OCH3 is 1. The molecule has 1 aromatic carbocycles. The summed E-state index contributed by atoms with van der Waals surface area (Å²) in [5.41, 5.74) is 2.06. The normalized spacial score (nSPS) is 25.3. The third-order valence-corrected chi connectivity index (χ3v) is 3.86. The van der Waals surface area contributed by atoms with Crippen LogP contribution in [0.2, 0.25) is 0 Å². The van der Waals surface area contributed by atoms with E-state index in [1.165, 1.54) is 0 Å². The summed E-state index contributed by atoms with van der Waals surface area (Å²) in [5, 5.41) is 13.5. The summed E-state index contributed by atoms with van der Waals surface area (Å²) < 4.78 is 5.38. The van der Waals surface area contributed by atoms with Crippen LogP contribution in [0.3, 0.4) is 0 Å². The number of nitrogens with one attached hydrogen (secondary N) is 1. The van der Waals surface area contributed by atoms with E-state index in [0.29, 0.717) is 17.9 Å². The molecule has 0 saturated heterocycles. The molecule has 0 heterocycles. The number of rotatable bonds is 4. The third kappa shape index (κ3) is 3.03. The van der Waals surface area contributed by atoms with Crippen LogP contribution in [-0.2, 0) is 4.74 Å². The Morgan fingerprint density at radius 3 is 2.78 bits per heavy atom. The van der Waals surface area contributed by atoms with Gasteiger partial charge in [0.05, 0.1) is 6.10 Å². The monoisotopic (exact) mass is 249 g/mol. The number of phenolic OH excluding ortho intramolecular Hbond substituents is 1. The van der Waals surface area contributed by atoms with Crippen molar-refractivity contribution >= 4 is 0 Å². The molecule has 2 rings (SSSR count). The van der Waals surface area contributed by atoms with E-state index >= 15 is 0 Å². The van der Waals surface area contributed by atoms with Gasteiger partial charge in [-0.05, 0) is 44.7 Å². The molecule has 1 fully saturated rings. The molecule has 1 aromatic rings. The predicted octanol–water partition coefficient (Wildman–Crippen LogP) is 2.92. The molecule has 3 heteroatoms. The maximum Gasteiger partial charge on any atom is 0.120 e. The van der Waals surface area contributed by atoms with Crippen molar-refractivity contribution in [2.24, 2.45) is 0 Å². The maximum atomic E-state index is 9.97. The second-order valence-electron chi connectivity index (χ2n) is 5.32. The zero-order chi connectivity index (χ0) is 13.1. The summed E-state index contributed by atoms with van der Waals surface area (Å²) in [6.45, 7) is 4.09. The Labute approximate surface area is 109 Å². The Hall–Kier alpha value is -1.06. The number of aryl methyl sites for hydroxylation is 1. The third-order valence-electron chi connectivity index (χ3n) is 3.86. The molecule has 18 heavy (non-hydrogen) atoms. The van der Waals surface area contributed by atoms with Crippen molar-refractivity contribution in [3.8, 4) is 5.75 Å². The SMILES string of the molecule is COC1CCC(NC(C)c2ccc(C)cc2O)C1. The van der Waals surface area contributed by atoms with E-state index in [-0.39, 0.29) is 6.04 Å². The van der Waals surface area contributed by atoms with Crippen LogP contribution >= 0.6 is 0 Å². The molecule has 1 saturated carbocycles. The first-order chi connectivity index (χ1) is 8.60. The van der Waals surface area contributed by atoms with E-state index in [9.17, 15) is 5.11 Å². The molecule has 0 bridgehead atoms. The predicted molar refractivity (Wildman–Crippen MR) is 72.8 cm³/mol. The van der Waals surface area contributed by atoms with Gasteiger partial charge in [0.2, 0.25) is 0 Å². The minimum Gasteiger partial charge on any atom is -0.508 e. The molecular formula is C15H23NO2. The van der Waals surface area contributed by atoms with E-state index in [2.05, 4.69) is 12.2 Å². The van der Waals surface area contributed by atoms with Crippen LogP contribution in [0.5, 0.6) is 5.75 Å². The summed E-state index contributed by atoms with van der Waals surface area (Å²) in [6, 6.07) is 6.53. The molecule has 1 aliphatic carbocycles. The summed E-state index contributed by atoms with van der Waals surface area (Å²) in [7, 11) is 1.78. The number of aromatic hydroxyl groups is 1. The minimum atomic E-state index is 0.172. The zero-order valence-electron chi connectivity index (χ0n) is 11.4. The van der Waals surface area contributed by atoms with E-state index in [0.717, 1.165) is 30.4 Å². The first kappa shape index (κ1) is 13.4. The van der Waals surface area contributed by atoms with Crippen molar-refractivity contribution in [1.82, 2.24) is 5.32 Å². The zero-order valence-corrected chi connectivity index (χ0v) is 11.4. The lowest BCUT2D eigenvalue weighted by molar-refractivity contribution is 0.106. The van der Waals surface area contributed by atoms with Crippen LogP contribution < -0.4 is 5.32 Å². The van der Waals surface area contributed by atoms with Gasteiger partial charge in [0.15, 0.2) is 0 Å². The van der Waals surface area contributed by atoms with Gasteiger partial charge in [-0.2, -0.15) is 0 Å². The first-order valence-corrected chi connectivity index (χ1v) is 6.68. The fourth-order valence-electron chi connectivity index (χ4n) is 2.77. The lowest BCUT2D eigenvalue weighted by Gasteiger charge is -2.21. The van der Waals surface area contributed by atoms with Gasteiger partial charge in [0.25, 0.3) is 0 Å². The van der Waals surface area contributed by atoms with Gasteiger partial charge in [-0.15, -0.1) is 0 Å². The summed E-state index contributed by atoms with van der Waals surface area (Å²) in [5.74, 6) is 0.385. The quantitative estimate of drug-likeness (QED) is 0.862. The highest BCUT2D eigenvalue weighted by molar-refractivity contribution is 5.37. The largest absolute Gasteiger partial charge is 0.508 e. The van der Waals surface area contributed by atoms with Crippen molar-refractivity contribution in [3.63, 3.8) is 0 Å². The van der Waals surface area contributed by atoms with Gasteiger partial charge in [0.1, 0.15) is 5.75 Å². The van der Waals surface area contributed by atoms with Gasteiger partial charge in [-0.1, -0.05) is 12.1 Å². The van der Waals surface area contributed by atoms with E-state index in [1.807, 2.05) is 25.1 Å². The minimum absolute atomic E-state index is 0.172. The molecule has 0 amide bonds. The molecule has 100 valence electrons. The van der Waals surface area contributed by atoms with Crippen molar-refractivity contribution in [1.29, 1.82) is 0 Å². The van der Waals surface area contributed by atoms with E-state index in [4.69, 9.17) is 4.74 Å². The van der Waals surface area contributed by atoms with Crippen molar-refractivity contribution in [2.45, 2.75) is 51.3 Å². The number of benzene rings is 1. The van der Waals surface area contributed by atoms with Crippen LogP contribution in [0.1, 0.15) is 43.4 Å². The van der Waals surface area contributed by atoms with Gasteiger partial charge in [-0.25, -0.2) is 0 Å². The molecule has 0 radical (unpaired) electrons. The fraction of sp³-hybridized carbons (Fsp3) is 0.600. The van der Waals surface area contributed by atoms with E-state index in [1.54, 1.807) is 7.11 Å². The lowest BCUT2D eigenvalue weighted by atomic mass is 10.0. The highest BCUT2D eigenvalue weighted by atomic mass is 16.5. The van der Waals surface area contributed by atoms with Crippen LogP contribution in [-0.4, -0.2) is 24.4 Å². The number of hydrogen-bond donors (Lipinski definition) is 2. The summed E-state index contributed by atoms with van der Waals surface area (Å²) >= 11 is 0. The van der Waals surface area contributed by atoms with Crippen LogP contribution in [0, 0.1) is 6.92 Å². The molecule has 0 aromatic heterocycles. The summed E-state index contributed by atoms with van der Waals surface area (Å²) in [6.07, 6.45) is 3.73. The van der Waals surface area contributed by atoms with Gasteiger partial charge in [0, 0.05) is 24.8 Å². The molecule has 1 aliphatic rings. The van der Waals surface area contributed by atoms with Gasteiger partial charge in [-0.3, -0.25) is 0 Å². The average molecular weight is 249 g/mol. The standard InChI is InChI=1S/C15H23NO2/c1-10-4-7-14(15(17)8-10)11(2)16-12-5-6-13(9-12)18-3/h4,7-8,11-13,16-17H,5-6,9H2,1-3H3. The number of ether oxygens (including phenoxy) is 1. The Morgan fingerprint density at radius 2 is 2.17 bits per heavy atom. The average Bonchev–Trinajstić information content (AvgIpc) is 2.76. The van der Waals surface area contributed by atoms with Gasteiger partial charge < -0.3 is 15.2 Å². The molecule has 0 spiro atoms. The highest BCUT2D eigenvalue weighted by Gasteiger charge is 2.26. The number of phenols is 1. The van der Waals surface area contributed by atoms with Crippen LogP contribution in [0.4, 0.5) is 0 Å². The van der Waals surface area contributed by atoms with Crippen LogP contribution in [0.15, 0.2) is 18.2 Å². The molecule has 3 atom stereocenters. The smallest absolute Gasteiger partial charge is 0.120 e. The Kier molecular flexibility index (Phi) is 4.25. The maximum absolute atomic E-state index is 9.97. The Morgan fingerprint density at radius 1 is 1.39 bits per heavy atom. The summed E-state index contributed by atoms with van der Waals surface area (Å²) in [4.78, 5) is 0. The van der Waals surface area contributed by atoms with Crippen LogP contribution in [0.25, 0.3) is 0 Å². The van der Waals surface area contributed by atoms with Gasteiger partial charge >= 0.3 is 0 Å². The molecule has 3 unspecified atom stereocenters. The Balaban J connectivity index is 1.97. The molecular weight excluding hydrogens is 226 g/mol. The van der Waals surface area contributed by atoms with Crippen molar-refractivity contribution < 1.29 is 9.84 Å². The van der Waals surface area contributed by atoms with E-state index < -0.39 is 0 Å². The first-order valence-electron chi connectivity index (χ1n) is 6.68. The second-order valence-corrected chi connectivity index (χ2v) is 5.32. The number of hydrogen-bond acceptors (Lipinski definition) is 3. The molecule has 0 aliphatic heterocycles. The highest BCUT2D eigenvalue weighted by Crippen LogP contribution is 2.28. The lowest BCUT2D eigenvalue weighted by Crippen LogP contribution is -2.30. The fourth-order valence-corrected chi connectivity index (χ4v) is 2.77. The topological polar surface area (TPSA) is 41.5 Å². The molecule has 2 N–H and O–H groups in total. The Bertz CT molecular complexity index is 405. The molecule has 3 nitrogen and oxygen atoms in total. The van der Waals surface area contributed by atoms with Crippen molar-refractivity contribution in [2.75, 3.05) is 7.11 Å².